The second-order valence-electron chi connectivity index (χ2n) is 6.60. The van der Waals surface area contributed by atoms with E-state index >= 15 is 0 Å². The van der Waals surface area contributed by atoms with Crippen LogP contribution in [0.25, 0.3) is 23.0 Å². The average Bonchev–Trinajstić information content (AvgIpc) is 3.30. The third-order valence-corrected chi connectivity index (χ3v) is 5.50. The largest absolute Gasteiger partial charge is 0.289 e. The smallest absolute Gasteiger partial charge is 0.186 e. The summed E-state index contributed by atoms with van der Waals surface area (Å²) in [6, 6.07) is 22.0. The van der Waals surface area contributed by atoms with Crippen molar-refractivity contribution in [2.24, 2.45) is 0 Å². The van der Waals surface area contributed by atoms with Gasteiger partial charge >= 0.3 is 0 Å². The molecule has 0 aliphatic carbocycles. The third kappa shape index (κ3) is 3.73. The minimum absolute atomic E-state index is 0.0216. The standard InChI is InChI=1S/C24H20N2OS/c1-17-15-22(18(2)28-17)23(27)14-13-20-16-26(21-11-7-4-8-12-21)25-24(20)19-9-5-3-6-10-19/h3-16H,1-2H3/b14-13+. The van der Waals surface area contributed by atoms with Crippen LogP contribution in [0.1, 0.15) is 25.7 Å². The fraction of sp³-hybridized carbons (Fsp3) is 0.0833. The number of carbonyl (C=O) groups is 1. The van der Waals surface area contributed by atoms with E-state index in [0.29, 0.717) is 0 Å². The van der Waals surface area contributed by atoms with Gasteiger partial charge in [0, 0.05) is 32.6 Å². The van der Waals surface area contributed by atoms with Crippen molar-refractivity contribution in [3.63, 3.8) is 0 Å². The summed E-state index contributed by atoms with van der Waals surface area (Å²) in [6.45, 7) is 4.01. The fourth-order valence-corrected chi connectivity index (χ4v) is 4.10. The predicted octanol–water partition coefficient (Wildman–Crippen LogP) is 6.11. The number of thiophene rings is 1. The van der Waals surface area contributed by atoms with E-state index in [4.69, 9.17) is 5.10 Å². The molecule has 4 aromatic rings. The van der Waals surface area contributed by atoms with Gasteiger partial charge in [0.2, 0.25) is 0 Å². The Kier molecular flexibility index (Phi) is 5.04. The van der Waals surface area contributed by atoms with Gasteiger partial charge in [0.05, 0.1) is 11.4 Å². The van der Waals surface area contributed by atoms with Gasteiger partial charge in [0.25, 0.3) is 0 Å². The lowest BCUT2D eigenvalue weighted by atomic mass is 10.1. The Labute approximate surface area is 168 Å². The molecule has 4 heteroatoms. The molecule has 4 rings (SSSR count). The van der Waals surface area contributed by atoms with Crippen LogP contribution in [0.15, 0.2) is 79.0 Å². The summed E-state index contributed by atoms with van der Waals surface area (Å²) in [5.41, 5.74) is 4.54. The van der Waals surface area contributed by atoms with Crippen LogP contribution >= 0.6 is 11.3 Å². The van der Waals surface area contributed by atoms with Gasteiger partial charge < -0.3 is 0 Å². The fourth-order valence-electron chi connectivity index (χ4n) is 3.17. The van der Waals surface area contributed by atoms with E-state index < -0.39 is 0 Å². The van der Waals surface area contributed by atoms with E-state index in [-0.39, 0.29) is 5.78 Å². The summed E-state index contributed by atoms with van der Waals surface area (Å²) >= 11 is 1.65. The van der Waals surface area contributed by atoms with Gasteiger partial charge in [-0.15, -0.1) is 11.3 Å². The van der Waals surface area contributed by atoms with Crippen molar-refractivity contribution in [2.45, 2.75) is 13.8 Å². The number of aromatic nitrogens is 2. The van der Waals surface area contributed by atoms with E-state index in [0.717, 1.165) is 37.8 Å². The van der Waals surface area contributed by atoms with E-state index in [1.807, 2.05) is 97.5 Å². The molecular weight excluding hydrogens is 364 g/mol. The van der Waals surface area contributed by atoms with Crippen molar-refractivity contribution >= 4 is 23.2 Å². The molecule has 0 bridgehead atoms. The number of allylic oxidation sites excluding steroid dienone is 1. The maximum absolute atomic E-state index is 12.7. The average molecular weight is 385 g/mol. The van der Waals surface area contributed by atoms with Crippen LogP contribution in [-0.2, 0) is 0 Å². The summed E-state index contributed by atoms with van der Waals surface area (Å²) in [5.74, 6) is 0.0216. The van der Waals surface area contributed by atoms with Gasteiger partial charge in [0.15, 0.2) is 5.78 Å². The molecule has 0 spiro atoms. The highest BCUT2D eigenvalue weighted by molar-refractivity contribution is 7.12. The van der Waals surface area contributed by atoms with E-state index in [1.54, 1.807) is 17.4 Å². The van der Waals surface area contributed by atoms with Crippen molar-refractivity contribution in [1.82, 2.24) is 9.78 Å². The number of rotatable bonds is 5. The highest BCUT2D eigenvalue weighted by Gasteiger charge is 2.12. The van der Waals surface area contributed by atoms with Crippen LogP contribution in [0.3, 0.4) is 0 Å². The molecule has 138 valence electrons. The number of hydrogen-bond acceptors (Lipinski definition) is 3. The van der Waals surface area contributed by atoms with Crippen LogP contribution in [-0.4, -0.2) is 15.6 Å². The lowest BCUT2D eigenvalue weighted by molar-refractivity contribution is 0.104. The van der Waals surface area contributed by atoms with Gasteiger partial charge in [-0.3, -0.25) is 4.79 Å². The first-order chi connectivity index (χ1) is 13.6. The molecule has 28 heavy (non-hydrogen) atoms. The summed E-state index contributed by atoms with van der Waals surface area (Å²) in [7, 11) is 0. The number of aryl methyl sites for hydroxylation is 2. The number of ketones is 1. The Morgan fingerprint density at radius 1 is 1.00 bits per heavy atom. The third-order valence-electron chi connectivity index (χ3n) is 4.53. The second kappa shape index (κ2) is 7.79. The first kappa shape index (κ1) is 18.1. The molecular formula is C24H20N2OS. The molecule has 0 aliphatic heterocycles. The lowest BCUT2D eigenvalue weighted by Crippen LogP contribution is -1.93. The normalized spacial score (nSPS) is 11.2. The zero-order chi connectivity index (χ0) is 19.5. The summed E-state index contributed by atoms with van der Waals surface area (Å²) in [4.78, 5) is 14.9. The lowest BCUT2D eigenvalue weighted by Gasteiger charge is -2.00. The zero-order valence-corrected chi connectivity index (χ0v) is 16.6. The van der Waals surface area contributed by atoms with Crippen molar-refractivity contribution in [3.05, 3.63) is 99.9 Å². The highest BCUT2D eigenvalue weighted by atomic mass is 32.1. The molecule has 0 radical (unpaired) electrons. The van der Waals surface area contributed by atoms with Crippen molar-refractivity contribution < 1.29 is 4.79 Å². The number of para-hydroxylation sites is 1. The number of nitrogens with zero attached hydrogens (tertiary/aromatic N) is 2. The van der Waals surface area contributed by atoms with Gasteiger partial charge in [-0.1, -0.05) is 48.5 Å². The first-order valence-electron chi connectivity index (χ1n) is 9.12. The molecule has 0 aliphatic rings. The van der Waals surface area contributed by atoms with E-state index in [2.05, 4.69) is 0 Å². The van der Waals surface area contributed by atoms with Crippen molar-refractivity contribution in [2.75, 3.05) is 0 Å². The Morgan fingerprint density at radius 3 is 2.32 bits per heavy atom. The predicted molar refractivity (Wildman–Crippen MR) is 116 cm³/mol. The minimum atomic E-state index is 0.0216. The number of hydrogen-bond donors (Lipinski definition) is 0. The molecule has 2 aromatic heterocycles. The van der Waals surface area contributed by atoms with E-state index in [1.165, 1.54) is 0 Å². The molecule has 0 amide bonds. The topological polar surface area (TPSA) is 34.9 Å². The first-order valence-corrected chi connectivity index (χ1v) is 9.93. The zero-order valence-electron chi connectivity index (χ0n) is 15.8. The molecule has 0 atom stereocenters. The molecule has 3 nitrogen and oxygen atoms in total. The minimum Gasteiger partial charge on any atom is -0.289 e. The summed E-state index contributed by atoms with van der Waals surface area (Å²) in [5, 5.41) is 4.78. The maximum Gasteiger partial charge on any atom is 0.186 e. The van der Waals surface area contributed by atoms with Crippen LogP contribution in [0.5, 0.6) is 0 Å². The monoisotopic (exact) mass is 384 g/mol. The second-order valence-corrected chi connectivity index (χ2v) is 8.06. The molecule has 0 saturated carbocycles. The summed E-state index contributed by atoms with van der Waals surface area (Å²) < 4.78 is 1.85. The number of carbonyl (C=O) groups excluding carboxylic acids is 1. The Morgan fingerprint density at radius 2 is 1.68 bits per heavy atom. The molecule has 2 heterocycles. The maximum atomic E-state index is 12.7. The number of benzene rings is 2. The van der Waals surface area contributed by atoms with Crippen LogP contribution in [0.2, 0.25) is 0 Å². The van der Waals surface area contributed by atoms with Crippen LogP contribution < -0.4 is 0 Å². The molecule has 2 aromatic carbocycles. The molecule has 0 fully saturated rings. The van der Waals surface area contributed by atoms with Gasteiger partial charge in [-0.2, -0.15) is 5.10 Å². The SMILES string of the molecule is Cc1cc(C(=O)/C=C/c2cn(-c3ccccc3)nc2-c2ccccc2)c(C)s1. The highest BCUT2D eigenvalue weighted by Crippen LogP contribution is 2.26. The quantitative estimate of drug-likeness (QED) is 0.307. The Hall–Kier alpha value is -3.24. The van der Waals surface area contributed by atoms with Crippen molar-refractivity contribution in [1.29, 1.82) is 0 Å². The molecule has 0 saturated heterocycles. The van der Waals surface area contributed by atoms with Gasteiger partial charge in [0.1, 0.15) is 0 Å². The van der Waals surface area contributed by atoms with Crippen LogP contribution in [0, 0.1) is 13.8 Å². The van der Waals surface area contributed by atoms with E-state index in [9.17, 15) is 4.79 Å². The molecule has 0 N–H and O–H groups in total. The molecule has 0 unspecified atom stereocenters. The van der Waals surface area contributed by atoms with Gasteiger partial charge in [-0.05, 0) is 44.2 Å². The van der Waals surface area contributed by atoms with Crippen molar-refractivity contribution in [3.8, 4) is 16.9 Å². The Bertz CT molecular complexity index is 1140. The van der Waals surface area contributed by atoms with Crippen LogP contribution in [0.4, 0.5) is 0 Å². The van der Waals surface area contributed by atoms with Gasteiger partial charge in [-0.25, -0.2) is 4.68 Å². The summed E-state index contributed by atoms with van der Waals surface area (Å²) in [6.07, 6.45) is 5.48. The Balaban J connectivity index is 1.74.